The Morgan fingerprint density at radius 1 is 0.486 bits per heavy atom. The minimum absolute atomic E-state index is 0.296. The van der Waals surface area contributed by atoms with Crippen molar-refractivity contribution >= 4 is 33.8 Å². The van der Waals surface area contributed by atoms with Gasteiger partial charge in [-0.05, 0) is 0 Å². The molecule has 0 fully saturated rings. The van der Waals surface area contributed by atoms with Crippen LogP contribution in [0, 0.1) is 0 Å². The summed E-state index contributed by atoms with van der Waals surface area (Å²) in [6.45, 7) is 0. The SMILES string of the molecule is c1ccc(-c2ccc(-c3cccc4[se]c5ccccc5c34)c(-c3ccnnn3)c2-c2ccccc2)cc1. The van der Waals surface area contributed by atoms with Crippen molar-refractivity contribution in [3.8, 4) is 44.6 Å². The maximum atomic E-state index is 4.54. The van der Waals surface area contributed by atoms with Gasteiger partial charge in [0, 0.05) is 0 Å². The number of hydrogen-bond donors (Lipinski definition) is 0. The third kappa shape index (κ3) is 3.79. The molecule has 7 aromatic rings. The zero-order chi connectivity index (χ0) is 24.6. The van der Waals surface area contributed by atoms with Crippen molar-refractivity contribution < 1.29 is 0 Å². The second-order valence-corrected chi connectivity index (χ2v) is 11.2. The van der Waals surface area contributed by atoms with Crippen LogP contribution in [0.1, 0.15) is 0 Å². The fraction of sp³-hybridized carbons (Fsp3) is 0. The summed E-state index contributed by atoms with van der Waals surface area (Å²) < 4.78 is 2.86. The van der Waals surface area contributed by atoms with Crippen molar-refractivity contribution in [1.82, 2.24) is 15.4 Å². The van der Waals surface area contributed by atoms with Crippen LogP contribution in [0.5, 0.6) is 0 Å². The van der Waals surface area contributed by atoms with Crippen molar-refractivity contribution in [2.45, 2.75) is 0 Å². The van der Waals surface area contributed by atoms with E-state index in [9.17, 15) is 0 Å². The van der Waals surface area contributed by atoms with E-state index in [1.54, 1.807) is 6.20 Å². The molecule has 37 heavy (non-hydrogen) atoms. The van der Waals surface area contributed by atoms with Crippen molar-refractivity contribution in [2.24, 2.45) is 0 Å². The van der Waals surface area contributed by atoms with Crippen LogP contribution in [0.15, 0.2) is 128 Å². The van der Waals surface area contributed by atoms with Gasteiger partial charge in [-0.2, -0.15) is 0 Å². The predicted octanol–water partition coefficient (Wildman–Crippen LogP) is 7.90. The van der Waals surface area contributed by atoms with Gasteiger partial charge >= 0.3 is 221 Å². The summed E-state index contributed by atoms with van der Waals surface area (Å²) in [6, 6.07) is 43.2. The number of benzene rings is 5. The Kier molecular flexibility index (Phi) is 5.47. The number of aromatic nitrogens is 3. The third-order valence-electron chi connectivity index (χ3n) is 6.80. The van der Waals surface area contributed by atoms with Crippen LogP contribution in [0.3, 0.4) is 0 Å². The van der Waals surface area contributed by atoms with Gasteiger partial charge in [0.25, 0.3) is 0 Å². The molecular formula is C33H21N3Se. The van der Waals surface area contributed by atoms with Crippen molar-refractivity contribution in [1.29, 1.82) is 0 Å². The van der Waals surface area contributed by atoms with Crippen LogP contribution in [-0.4, -0.2) is 29.9 Å². The van der Waals surface area contributed by atoms with Gasteiger partial charge in [0.05, 0.1) is 0 Å². The molecule has 2 heterocycles. The van der Waals surface area contributed by atoms with Crippen LogP contribution in [0.2, 0.25) is 0 Å². The summed E-state index contributed by atoms with van der Waals surface area (Å²) >= 11 is 0.296. The Hall–Kier alpha value is -4.37. The van der Waals surface area contributed by atoms with Gasteiger partial charge in [-0.1, -0.05) is 0 Å². The molecule has 0 saturated carbocycles. The zero-order valence-corrected chi connectivity index (χ0v) is 21.6. The van der Waals surface area contributed by atoms with Crippen molar-refractivity contribution in [3.05, 3.63) is 128 Å². The van der Waals surface area contributed by atoms with Crippen LogP contribution >= 0.6 is 0 Å². The van der Waals surface area contributed by atoms with Gasteiger partial charge in [0.1, 0.15) is 0 Å². The topological polar surface area (TPSA) is 38.7 Å². The first-order valence-corrected chi connectivity index (χ1v) is 13.9. The van der Waals surface area contributed by atoms with E-state index in [-0.39, 0.29) is 0 Å². The van der Waals surface area contributed by atoms with E-state index in [0.717, 1.165) is 27.9 Å². The summed E-state index contributed by atoms with van der Waals surface area (Å²) in [5.41, 5.74) is 8.92. The van der Waals surface area contributed by atoms with E-state index in [0.29, 0.717) is 14.5 Å². The van der Waals surface area contributed by atoms with Crippen LogP contribution in [0.25, 0.3) is 63.9 Å². The molecule has 5 aromatic carbocycles. The molecule has 3 nitrogen and oxygen atoms in total. The van der Waals surface area contributed by atoms with Gasteiger partial charge in [-0.15, -0.1) is 0 Å². The molecule has 0 spiro atoms. The first-order chi connectivity index (χ1) is 18.4. The van der Waals surface area contributed by atoms with Gasteiger partial charge in [0.2, 0.25) is 0 Å². The molecule has 0 saturated heterocycles. The molecule has 4 heteroatoms. The molecule has 0 atom stereocenters. The summed E-state index contributed by atoms with van der Waals surface area (Å²) in [5, 5.41) is 15.2. The van der Waals surface area contributed by atoms with E-state index in [2.05, 4.69) is 131 Å². The monoisotopic (exact) mass is 539 g/mol. The Morgan fingerprint density at radius 3 is 1.97 bits per heavy atom. The molecule has 0 amide bonds. The fourth-order valence-corrected chi connectivity index (χ4v) is 7.60. The van der Waals surface area contributed by atoms with Gasteiger partial charge < -0.3 is 0 Å². The van der Waals surface area contributed by atoms with Crippen molar-refractivity contribution in [3.63, 3.8) is 0 Å². The van der Waals surface area contributed by atoms with E-state index < -0.39 is 0 Å². The van der Waals surface area contributed by atoms with E-state index in [1.807, 2.05) is 6.07 Å². The molecular weight excluding hydrogens is 517 g/mol. The Morgan fingerprint density at radius 2 is 1.19 bits per heavy atom. The number of nitrogens with zero attached hydrogens (tertiary/aromatic N) is 3. The molecule has 2 aromatic heterocycles. The van der Waals surface area contributed by atoms with Crippen LogP contribution in [0.4, 0.5) is 0 Å². The minimum atomic E-state index is 0.296. The molecule has 0 N–H and O–H groups in total. The van der Waals surface area contributed by atoms with E-state index in [4.69, 9.17) is 0 Å². The third-order valence-corrected chi connectivity index (χ3v) is 9.19. The first kappa shape index (κ1) is 21.9. The van der Waals surface area contributed by atoms with Crippen LogP contribution < -0.4 is 0 Å². The van der Waals surface area contributed by atoms with Crippen molar-refractivity contribution in [2.75, 3.05) is 0 Å². The predicted molar refractivity (Wildman–Crippen MR) is 154 cm³/mol. The molecule has 0 radical (unpaired) electrons. The van der Waals surface area contributed by atoms with Gasteiger partial charge in [-0.3, -0.25) is 0 Å². The molecule has 0 unspecified atom stereocenters. The quantitative estimate of drug-likeness (QED) is 0.214. The van der Waals surface area contributed by atoms with E-state index >= 15 is 0 Å². The second kappa shape index (κ2) is 9.25. The number of hydrogen-bond acceptors (Lipinski definition) is 3. The average molecular weight is 539 g/mol. The number of fused-ring (bicyclic) bond motifs is 3. The Labute approximate surface area is 220 Å². The summed E-state index contributed by atoms with van der Waals surface area (Å²) in [4.78, 5) is 0. The normalized spacial score (nSPS) is 11.2. The summed E-state index contributed by atoms with van der Waals surface area (Å²) in [6.07, 6.45) is 1.73. The summed E-state index contributed by atoms with van der Waals surface area (Å²) in [5.74, 6) is 0. The molecule has 0 bridgehead atoms. The maximum absolute atomic E-state index is 4.54. The number of rotatable bonds is 4. The Bertz CT molecular complexity index is 1860. The molecule has 174 valence electrons. The average Bonchev–Trinajstić information content (AvgIpc) is 3.37. The molecule has 0 aliphatic heterocycles. The molecule has 0 aliphatic rings. The fourth-order valence-electron chi connectivity index (χ4n) is 5.23. The molecule has 0 aliphatic carbocycles. The second-order valence-electron chi connectivity index (χ2n) is 8.93. The standard InChI is InChI=1S/C33H21N3Se/c1-3-10-22(11-4-1)24-18-19-26(25-15-9-17-30-32(25)27-14-7-8-16-29(27)37-30)33(28-20-21-34-36-35-28)31(24)23-12-5-2-6-13-23/h1-21H. The first-order valence-electron chi connectivity index (χ1n) is 12.2. The summed E-state index contributed by atoms with van der Waals surface area (Å²) in [7, 11) is 0. The Balaban J connectivity index is 1.64. The van der Waals surface area contributed by atoms with Gasteiger partial charge in [-0.25, -0.2) is 0 Å². The van der Waals surface area contributed by atoms with Crippen LogP contribution in [-0.2, 0) is 0 Å². The molecule has 7 rings (SSSR count). The van der Waals surface area contributed by atoms with Gasteiger partial charge in [0.15, 0.2) is 0 Å². The zero-order valence-electron chi connectivity index (χ0n) is 19.9. The van der Waals surface area contributed by atoms with E-state index in [1.165, 1.54) is 36.0 Å².